The lowest BCUT2D eigenvalue weighted by Gasteiger charge is -2.09. The third-order valence-corrected chi connectivity index (χ3v) is 3.29. The molecule has 0 aliphatic heterocycles. The molecule has 1 heterocycles. The first-order chi connectivity index (χ1) is 9.58. The van der Waals surface area contributed by atoms with Crippen LogP contribution >= 0.6 is 11.6 Å². The quantitative estimate of drug-likeness (QED) is 0.886. The SMILES string of the molecule is Cc1cccc(CCNc2nccc(C(=O)O)c2Cl)c1. The summed E-state index contributed by atoms with van der Waals surface area (Å²) in [6, 6.07) is 9.62. The van der Waals surface area contributed by atoms with Crippen LogP contribution in [0.2, 0.25) is 5.02 Å². The number of rotatable bonds is 5. The lowest BCUT2D eigenvalue weighted by molar-refractivity contribution is 0.0697. The van der Waals surface area contributed by atoms with E-state index in [1.165, 1.54) is 23.4 Å². The number of hydrogen-bond donors (Lipinski definition) is 2. The zero-order valence-electron chi connectivity index (χ0n) is 11.1. The number of hydrogen-bond acceptors (Lipinski definition) is 3. The Morgan fingerprint density at radius 2 is 2.20 bits per heavy atom. The summed E-state index contributed by atoms with van der Waals surface area (Å²) in [6.45, 7) is 2.69. The van der Waals surface area contributed by atoms with E-state index >= 15 is 0 Å². The first-order valence-corrected chi connectivity index (χ1v) is 6.63. The molecule has 0 fully saturated rings. The maximum absolute atomic E-state index is 11.0. The van der Waals surface area contributed by atoms with Gasteiger partial charge in [0, 0.05) is 12.7 Å². The van der Waals surface area contributed by atoms with Crippen molar-refractivity contribution >= 4 is 23.4 Å². The molecule has 0 bridgehead atoms. The first kappa shape index (κ1) is 14.3. The molecule has 0 amide bonds. The van der Waals surface area contributed by atoms with Crippen molar-refractivity contribution in [2.45, 2.75) is 13.3 Å². The van der Waals surface area contributed by atoms with Crippen molar-refractivity contribution < 1.29 is 9.90 Å². The third kappa shape index (κ3) is 3.48. The van der Waals surface area contributed by atoms with Gasteiger partial charge in [-0.1, -0.05) is 41.4 Å². The molecular formula is C15H15ClN2O2. The van der Waals surface area contributed by atoms with E-state index in [2.05, 4.69) is 22.4 Å². The van der Waals surface area contributed by atoms with E-state index < -0.39 is 5.97 Å². The van der Waals surface area contributed by atoms with Gasteiger partial charge >= 0.3 is 5.97 Å². The van der Waals surface area contributed by atoms with Gasteiger partial charge in [0.05, 0.1) is 10.6 Å². The molecule has 104 valence electrons. The summed E-state index contributed by atoms with van der Waals surface area (Å²) in [5.74, 6) is -0.654. The highest BCUT2D eigenvalue weighted by Gasteiger charge is 2.12. The number of aromatic nitrogens is 1. The van der Waals surface area contributed by atoms with E-state index in [1.54, 1.807) is 0 Å². The van der Waals surface area contributed by atoms with Crippen LogP contribution in [0.4, 0.5) is 5.82 Å². The van der Waals surface area contributed by atoms with E-state index in [1.807, 2.05) is 19.1 Å². The van der Waals surface area contributed by atoms with Crippen molar-refractivity contribution in [3.8, 4) is 0 Å². The van der Waals surface area contributed by atoms with Gasteiger partial charge in [-0.25, -0.2) is 9.78 Å². The van der Waals surface area contributed by atoms with Gasteiger partial charge in [-0.3, -0.25) is 0 Å². The first-order valence-electron chi connectivity index (χ1n) is 6.25. The Hall–Kier alpha value is -2.07. The molecule has 2 N–H and O–H groups in total. The lowest BCUT2D eigenvalue weighted by atomic mass is 10.1. The van der Waals surface area contributed by atoms with Crippen molar-refractivity contribution in [2.75, 3.05) is 11.9 Å². The number of anilines is 1. The number of benzene rings is 1. The van der Waals surface area contributed by atoms with Gasteiger partial charge in [0.15, 0.2) is 0 Å². The second kappa shape index (κ2) is 6.39. The van der Waals surface area contributed by atoms with Crippen LogP contribution < -0.4 is 5.32 Å². The average Bonchev–Trinajstić information content (AvgIpc) is 2.40. The summed E-state index contributed by atoms with van der Waals surface area (Å²) in [5.41, 5.74) is 2.48. The Kier molecular flexibility index (Phi) is 4.58. The van der Waals surface area contributed by atoms with E-state index in [-0.39, 0.29) is 10.6 Å². The number of aromatic carboxylic acids is 1. The fraction of sp³-hybridized carbons (Fsp3) is 0.200. The minimum absolute atomic E-state index is 0.0553. The van der Waals surface area contributed by atoms with E-state index in [0.29, 0.717) is 12.4 Å². The maximum Gasteiger partial charge on any atom is 0.337 e. The fourth-order valence-electron chi connectivity index (χ4n) is 1.93. The Balaban J connectivity index is 2.01. The molecule has 0 aliphatic carbocycles. The minimum atomic E-state index is -1.06. The van der Waals surface area contributed by atoms with Crippen molar-refractivity contribution in [2.24, 2.45) is 0 Å². The van der Waals surface area contributed by atoms with Gasteiger partial charge in [0.1, 0.15) is 5.82 Å². The lowest BCUT2D eigenvalue weighted by Crippen LogP contribution is -2.09. The smallest absolute Gasteiger partial charge is 0.337 e. The number of pyridine rings is 1. The van der Waals surface area contributed by atoms with Gasteiger partial charge in [-0.15, -0.1) is 0 Å². The Morgan fingerprint density at radius 3 is 2.90 bits per heavy atom. The number of carboxylic acid groups (broad SMARTS) is 1. The van der Waals surface area contributed by atoms with E-state index in [4.69, 9.17) is 16.7 Å². The molecule has 4 nitrogen and oxygen atoms in total. The standard InChI is InChI=1S/C15H15ClN2O2/c1-10-3-2-4-11(9-10)5-7-17-14-13(16)12(15(19)20)6-8-18-14/h2-4,6,8-9H,5,7H2,1H3,(H,17,18)(H,19,20). The zero-order valence-corrected chi connectivity index (χ0v) is 11.8. The van der Waals surface area contributed by atoms with Crippen LogP contribution in [0.5, 0.6) is 0 Å². The molecule has 20 heavy (non-hydrogen) atoms. The largest absolute Gasteiger partial charge is 0.478 e. The third-order valence-electron chi connectivity index (χ3n) is 2.91. The molecule has 2 rings (SSSR count). The maximum atomic E-state index is 11.0. The summed E-state index contributed by atoms with van der Waals surface area (Å²) in [4.78, 5) is 15.0. The predicted octanol–water partition coefficient (Wildman–Crippen LogP) is 3.40. The predicted molar refractivity (Wildman–Crippen MR) is 79.6 cm³/mol. The summed E-state index contributed by atoms with van der Waals surface area (Å²) < 4.78 is 0. The van der Waals surface area contributed by atoms with Crippen molar-refractivity contribution in [1.29, 1.82) is 0 Å². The summed E-state index contributed by atoms with van der Waals surface area (Å²) in [7, 11) is 0. The van der Waals surface area contributed by atoms with Crippen LogP contribution in [0, 0.1) is 6.92 Å². The molecule has 0 unspecified atom stereocenters. The minimum Gasteiger partial charge on any atom is -0.478 e. The van der Waals surface area contributed by atoms with Gasteiger partial charge in [0.2, 0.25) is 0 Å². The number of aryl methyl sites for hydroxylation is 1. The highest BCUT2D eigenvalue weighted by Crippen LogP contribution is 2.23. The van der Waals surface area contributed by atoms with Gasteiger partial charge in [0.25, 0.3) is 0 Å². The van der Waals surface area contributed by atoms with Crippen molar-refractivity contribution in [3.05, 3.63) is 58.2 Å². The Morgan fingerprint density at radius 1 is 1.40 bits per heavy atom. The molecular weight excluding hydrogens is 276 g/mol. The van der Waals surface area contributed by atoms with E-state index in [9.17, 15) is 4.79 Å². The molecule has 0 spiro atoms. The summed E-state index contributed by atoms with van der Waals surface area (Å²) in [5, 5.41) is 12.2. The second-order valence-electron chi connectivity index (χ2n) is 4.49. The molecule has 0 saturated carbocycles. The zero-order chi connectivity index (χ0) is 14.5. The molecule has 5 heteroatoms. The van der Waals surface area contributed by atoms with Crippen LogP contribution in [0.15, 0.2) is 36.5 Å². The molecule has 0 saturated heterocycles. The Labute approximate surface area is 122 Å². The van der Waals surface area contributed by atoms with Crippen LogP contribution in [0.25, 0.3) is 0 Å². The number of nitrogens with zero attached hydrogens (tertiary/aromatic N) is 1. The topological polar surface area (TPSA) is 62.2 Å². The molecule has 0 atom stereocenters. The molecule has 0 aliphatic rings. The number of carboxylic acids is 1. The van der Waals surface area contributed by atoms with Gasteiger partial charge < -0.3 is 10.4 Å². The highest BCUT2D eigenvalue weighted by atomic mass is 35.5. The fourth-order valence-corrected chi connectivity index (χ4v) is 2.18. The number of halogens is 1. The second-order valence-corrected chi connectivity index (χ2v) is 4.87. The highest BCUT2D eigenvalue weighted by molar-refractivity contribution is 6.35. The normalized spacial score (nSPS) is 10.3. The monoisotopic (exact) mass is 290 g/mol. The van der Waals surface area contributed by atoms with Crippen LogP contribution in [-0.2, 0) is 6.42 Å². The van der Waals surface area contributed by atoms with Gasteiger partial charge in [-0.2, -0.15) is 0 Å². The molecule has 2 aromatic rings. The molecule has 1 aromatic heterocycles. The number of carbonyl (C=O) groups is 1. The van der Waals surface area contributed by atoms with E-state index in [0.717, 1.165) is 6.42 Å². The van der Waals surface area contributed by atoms with Crippen LogP contribution in [-0.4, -0.2) is 22.6 Å². The molecule has 0 radical (unpaired) electrons. The average molecular weight is 291 g/mol. The molecule has 1 aromatic carbocycles. The van der Waals surface area contributed by atoms with Crippen LogP contribution in [0.3, 0.4) is 0 Å². The summed E-state index contributed by atoms with van der Waals surface area (Å²) in [6.07, 6.45) is 2.25. The van der Waals surface area contributed by atoms with Gasteiger partial charge in [-0.05, 0) is 25.0 Å². The summed E-state index contributed by atoms with van der Waals surface area (Å²) >= 11 is 6.00. The van der Waals surface area contributed by atoms with Crippen molar-refractivity contribution in [3.63, 3.8) is 0 Å². The van der Waals surface area contributed by atoms with Crippen molar-refractivity contribution in [1.82, 2.24) is 4.98 Å². The van der Waals surface area contributed by atoms with Crippen LogP contribution in [0.1, 0.15) is 21.5 Å². The number of nitrogens with one attached hydrogen (secondary N) is 1. The Bertz CT molecular complexity index is 629.